The first-order chi connectivity index (χ1) is 9.26. The zero-order valence-electron chi connectivity index (χ0n) is 11.1. The summed E-state index contributed by atoms with van der Waals surface area (Å²) in [5, 5.41) is 2.72. The third-order valence-corrected chi connectivity index (χ3v) is 3.09. The van der Waals surface area contributed by atoms with Gasteiger partial charge >= 0.3 is 0 Å². The van der Waals surface area contributed by atoms with Gasteiger partial charge in [0.25, 0.3) is 0 Å². The Balaban J connectivity index is 2.40. The highest BCUT2D eigenvalue weighted by Crippen LogP contribution is 2.26. The van der Waals surface area contributed by atoms with Gasteiger partial charge in [-0.15, -0.1) is 0 Å². The highest BCUT2D eigenvalue weighted by Gasteiger charge is 2.21. The van der Waals surface area contributed by atoms with Gasteiger partial charge in [0.2, 0.25) is 5.91 Å². The molecular formula is C16H17NO2. The van der Waals surface area contributed by atoms with Gasteiger partial charge in [-0.3, -0.25) is 4.79 Å². The van der Waals surface area contributed by atoms with Crippen LogP contribution in [0.15, 0.2) is 54.6 Å². The molecule has 2 aromatic carbocycles. The van der Waals surface area contributed by atoms with Crippen molar-refractivity contribution in [1.29, 1.82) is 0 Å². The second-order valence-corrected chi connectivity index (χ2v) is 4.23. The van der Waals surface area contributed by atoms with E-state index in [0.717, 1.165) is 16.9 Å². The van der Waals surface area contributed by atoms with E-state index in [1.807, 2.05) is 54.6 Å². The predicted molar refractivity (Wildman–Crippen MR) is 75.3 cm³/mol. The molecule has 1 atom stereocenters. The second kappa shape index (κ2) is 6.05. The van der Waals surface area contributed by atoms with E-state index in [-0.39, 0.29) is 11.8 Å². The quantitative estimate of drug-likeness (QED) is 0.912. The van der Waals surface area contributed by atoms with Gasteiger partial charge in [-0.25, -0.2) is 0 Å². The maximum Gasteiger partial charge on any atom is 0.231 e. The molecule has 3 heteroatoms. The summed E-state index contributed by atoms with van der Waals surface area (Å²) in [5.74, 6) is 0.473. The number of ether oxygens (including phenoxy) is 1. The number of carbonyl (C=O) groups is 1. The fourth-order valence-electron chi connectivity index (χ4n) is 2.08. The van der Waals surface area contributed by atoms with Crippen LogP contribution in [0.4, 0.5) is 0 Å². The van der Waals surface area contributed by atoms with Crippen LogP contribution in [-0.2, 0) is 4.79 Å². The maximum absolute atomic E-state index is 12.1. The fraction of sp³-hybridized carbons (Fsp3) is 0.188. The highest BCUT2D eigenvalue weighted by atomic mass is 16.5. The zero-order valence-corrected chi connectivity index (χ0v) is 11.1. The Labute approximate surface area is 113 Å². The van der Waals surface area contributed by atoms with E-state index in [1.165, 1.54) is 0 Å². The number of hydrogen-bond acceptors (Lipinski definition) is 2. The van der Waals surface area contributed by atoms with E-state index >= 15 is 0 Å². The molecule has 0 spiro atoms. The smallest absolute Gasteiger partial charge is 0.231 e. The van der Waals surface area contributed by atoms with Crippen LogP contribution in [0.25, 0.3) is 0 Å². The molecule has 0 radical (unpaired) electrons. The fourth-order valence-corrected chi connectivity index (χ4v) is 2.08. The predicted octanol–water partition coefficient (Wildman–Crippen LogP) is 2.57. The van der Waals surface area contributed by atoms with Gasteiger partial charge in [-0.2, -0.15) is 0 Å². The molecule has 0 saturated heterocycles. The van der Waals surface area contributed by atoms with Crippen LogP contribution in [-0.4, -0.2) is 20.1 Å². The average molecular weight is 255 g/mol. The number of carbonyl (C=O) groups excluding carboxylic acids is 1. The summed E-state index contributed by atoms with van der Waals surface area (Å²) in [7, 11) is 3.28. The Morgan fingerprint density at radius 3 is 2.11 bits per heavy atom. The number of amides is 1. The number of hydrogen-bond donors (Lipinski definition) is 1. The van der Waals surface area contributed by atoms with E-state index in [4.69, 9.17) is 4.74 Å². The van der Waals surface area contributed by atoms with Crippen molar-refractivity contribution < 1.29 is 9.53 Å². The minimum absolute atomic E-state index is 0.0173. The largest absolute Gasteiger partial charge is 0.497 e. The minimum atomic E-state index is -0.294. The van der Waals surface area contributed by atoms with E-state index in [9.17, 15) is 4.79 Å². The van der Waals surface area contributed by atoms with Crippen molar-refractivity contribution in [2.75, 3.05) is 14.2 Å². The molecule has 98 valence electrons. The van der Waals surface area contributed by atoms with E-state index < -0.39 is 0 Å². The third kappa shape index (κ3) is 2.94. The van der Waals surface area contributed by atoms with Crippen LogP contribution >= 0.6 is 0 Å². The summed E-state index contributed by atoms with van der Waals surface area (Å²) >= 11 is 0. The first kappa shape index (κ1) is 13.1. The van der Waals surface area contributed by atoms with Crippen LogP contribution < -0.4 is 10.1 Å². The van der Waals surface area contributed by atoms with Crippen molar-refractivity contribution in [3.05, 3.63) is 65.7 Å². The second-order valence-electron chi connectivity index (χ2n) is 4.23. The molecule has 0 aliphatic heterocycles. The molecule has 0 fully saturated rings. The lowest BCUT2D eigenvalue weighted by atomic mass is 9.90. The Morgan fingerprint density at radius 1 is 1.00 bits per heavy atom. The van der Waals surface area contributed by atoms with Crippen molar-refractivity contribution in [1.82, 2.24) is 5.32 Å². The number of likely N-dealkylation sites (N-methyl/N-ethyl adjacent to an activating group) is 1. The number of nitrogens with one attached hydrogen (secondary N) is 1. The Kier molecular flexibility index (Phi) is 4.18. The van der Waals surface area contributed by atoms with Crippen molar-refractivity contribution in [2.45, 2.75) is 5.92 Å². The van der Waals surface area contributed by atoms with Gasteiger partial charge in [-0.1, -0.05) is 42.5 Å². The van der Waals surface area contributed by atoms with Crippen molar-refractivity contribution >= 4 is 5.91 Å². The average Bonchev–Trinajstić information content (AvgIpc) is 2.49. The molecule has 0 heterocycles. The summed E-state index contributed by atoms with van der Waals surface area (Å²) in [6, 6.07) is 17.3. The normalized spacial score (nSPS) is 11.7. The van der Waals surface area contributed by atoms with E-state index in [0.29, 0.717) is 0 Å². The molecule has 0 aliphatic rings. The van der Waals surface area contributed by atoms with Crippen LogP contribution in [0.5, 0.6) is 5.75 Å². The van der Waals surface area contributed by atoms with Crippen LogP contribution in [0, 0.1) is 0 Å². The minimum Gasteiger partial charge on any atom is -0.497 e. The van der Waals surface area contributed by atoms with Gasteiger partial charge in [0.05, 0.1) is 13.0 Å². The SMILES string of the molecule is CNC(=O)C(c1ccccc1)c1ccc(OC)cc1. The summed E-state index contributed by atoms with van der Waals surface area (Å²) < 4.78 is 5.14. The lowest BCUT2D eigenvalue weighted by molar-refractivity contribution is -0.121. The summed E-state index contributed by atoms with van der Waals surface area (Å²) in [6.45, 7) is 0. The molecule has 0 bridgehead atoms. The molecule has 2 aromatic rings. The van der Waals surface area contributed by atoms with Gasteiger partial charge in [0.1, 0.15) is 5.75 Å². The molecule has 1 N–H and O–H groups in total. The van der Waals surface area contributed by atoms with Gasteiger partial charge in [-0.05, 0) is 23.3 Å². The highest BCUT2D eigenvalue weighted by molar-refractivity contribution is 5.86. The molecule has 3 nitrogen and oxygen atoms in total. The third-order valence-electron chi connectivity index (χ3n) is 3.09. The molecule has 0 aliphatic carbocycles. The van der Waals surface area contributed by atoms with Crippen LogP contribution in [0.3, 0.4) is 0 Å². The Bertz CT molecular complexity index is 534. The first-order valence-electron chi connectivity index (χ1n) is 6.16. The van der Waals surface area contributed by atoms with E-state index in [1.54, 1.807) is 14.2 Å². The monoisotopic (exact) mass is 255 g/mol. The molecule has 0 aromatic heterocycles. The summed E-state index contributed by atoms with van der Waals surface area (Å²) in [4.78, 5) is 12.1. The molecular weight excluding hydrogens is 238 g/mol. The van der Waals surface area contributed by atoms with Crippen LogP contribution in [0.1, 0.15) is 17.0 Å². The molecule has 0 saturated carbocycles. The summed E-state index contributed by atoms with van der Waals surface area (Å²) in [5.41, 5.74) is 1.93. The Morgan fingerprint density at radius 2 is 1.58 bits per heavy atom. The topological polar surface area (TPSA) is 38.3 Å². The zero-order chi connectivity index (χ0) is 13.7. The van der Waals surface area contributed by atoms with E-state index in [2.05, 4.69) is 5.32 Å². The van der Waals surface area contributed by atoms with Gasteiger partial charge in [0, 0.05) is 7.05 Å². The number of benzene rings is 2. The lowest BCUT2D eigenvalue weighted by Crippen LogP contribution is -2.26. The maximum atomic E-state index is 12.1. The van der Waals surface area contributed by atoms with Gasteiger partial charge in [0.15, 0.2) is 0 Å². The Hall–Kier alpha value is -2.29. The van der Waals surface area contributed by atoms with Crippen LogP contribution in [0.2, 0.25) is 0 Å². The molecule has 2 rings (SSSR count). The van der Waals surface area contributed by atoms with Crippen molar-refractivity contribution in [3.8, 4) is 5.75 Å². The number of rotatable bonds is 4. The number of methoxy groups -OCH3 is 1. The molecule has 1 unspecified atom stereocenters. The molecule has 19 heavy (non-hydrogen) atoms. The van der Waals surface area contributed by atoms with Crippen molar-refractivity contribution in [2.24, 2.45) is 0 Å². The van der Waals surface area contributed by atoms with Crippen molar-refractivity contribution in [3.63, 3.8) is 0 Å². The van der Waals surface area contributed by atoms with Gasteiger partial charge < -0.3 is 10.1 Å². The molecule has 1 amide bonds. The summed E-state index contributed by atoms with van der Waals surface area (Å²) in [6.07, 6.45) is 0. The first-order valence-corrected chi connectivity index (χ1v) is 6.16. The lowest BCUT2D eigenvalue weighted by Gasteiger charge is -2.16. The standard InChI is InChI=1S/C16H17NO2/c1-17-16(18)15(12-6-4-3-5-7-12)13-8-10-14(19-2)11-9-13/h3-11,15H,1-2H3,(H,17,18).